The van der Waals surface area contributed by atoms with Gasteiger partial charge in [-0.25, -0.2) is 0 Å². The van der Waals surface area contributed by atoms with Gasteiger partial charge in [-0.3, -0.25) is 9.69 Å². The summed E-state index contributed by atoms with van der Waals surface area (Å²) >= 11 is 1.54. The predicted octanol–water partition coefficient (Wildman–Crippen LogP) is 1.26. The number of nitrogens with one attached hydrogen (secondary N) is 1. The Kier molecular flexibility index (Phi) is 4.15. The summed E-state index contributed by atoms with van der Waals surface area (Å²) in [6.07, 6.45) is 2.50. The van der Waals surface area contributed by atoms with Crippen LogP contribution in [0.3, 0.4) is 0 Å². The van der Waals surface area contributed by atoms with Crippen molar-refractivity contribution in [3.05, 3.63) is 22.4 Å². The Labute approximate surface area is 118 Å². The van der Waals surface area contributed by atoms with Gasteiger partial charge in [0.05, 0.1) is 4.88 Å². The molecule has 1 N–H and O–H groups in total. The Hall–Kier alpha value is -0.910. The van der Waals surface area contributed by atoms with Crippen molar-refractivity contribution < 1.29 is 4.79 Å². The number of carbonyl (C=O) groups is 1. The van der Waals surface area contributed by atoms with Crippen molar-refractivity contribution in [1.29, 1.82) is 0 Å². The van der Waals surface area contributed by atoms with Crippen molar-refractivity contribution in [2.75, 3.05) is 39.3 Å². The second-order valence-electron chi connectivity index (χ2n) is 5.29. The Morgan fingerprint density at radius 2 is 1.95 bits per heavy atom. The molecule has 0 aliphatic carbocycles. The molecular weight excluding hydrogens is 258 g/mol. The summed E-state index contributed by atoms with van der Waals surface area (Å²) in [4.78, 5) is 17.7. The molecule has 0 radical (unpaired) electrons. The lowest BCUT2D eigenvalue weighted by Gasteiger charge is -2.40. The van der Waals surface area contributed by atoms with E-state index in [0.29, 0.717) is 0 Å². The van der Waals surface area contributed by atoms with E-state index >= 15 is 0 Å². The number of nitrogens with zero attached hydrogens (tertiary/aromatic N) is 2. The van der Waals surface area contributed by atoms with E-state index < -0.39 is 0 Å². The number of piperidine rings is 1. The van der Waals surface area contributed by atoms with Gasteiger partial charge in [-0.1, -0.05) is 6.07 Å². The first-order valence-corrected chi connectivity index (χ1v) is 8.00. The molecule has 0 atom stereocenters. The zero-order chi connectivity index (χ0) is 13.1. The molecule has 2 saturated heterocycles. The van der Waals surface area contributed by atoms with Gasteiger partial charge < -0.3 is 10.2 Å². The fourth-order valence-electron chi connectivity index (χ4n) is 3.02. The second-order valence-corrected chi connectivity index (χ2v) is 6.23. The van der Waals surface area contributed by atoms with Crippen molar-refractivity contribution >= 4 is 17.2 Å². The number of amides is 1. The quantitative estimate of drug-likeness (QED) is 0.885. The van der Waals surface area contributed by atoms with E-state index in [9.17, 15) is 4.79 Å². The first-order chi connectivity index (χ1) is 9.34. The molecule has 0 spiro atoms. The van der Waals surface area contributed by atoms with E-state index in [1.165, 1.54) is 12.8 Å². The van der Waals surface area contributed by atoms with Gasteiger partial charge in [0.2, 0.25) is 0 Å². The molecular formula is C14H21N3OS. The zero-order valence-electron chi connectivity index (χ0n) is 11.2. The van der Waals surface area contributed by atoms with E-state index in [-0.39, 0.29) is 5.91 Å². The van der Waals surface area contributed by atoms with Crippen molar-refractivity contribution in [3.8, 4) is 0 Å². The highest BCUT2D eigenvalue weighted by Crippen LogP contribution is 2.17. The average Bonchev–Trinajstić information content (AvgIpc) is 3.02. The van der Waals surface area contributed by atoms with Crippen molar-refractivity contribution in [1.82, 2.24) is 15.1 Å². The summed E-state index contributed by atoms with van der Waals surface area (Å²) in [7, 11) is 0. The summed E-state index contributed by atoms with van der Waals surface area (Å²) in [5, 5.41) is 5.38. The molecule has 0 bridgehead atoms. The van der Waals surface area contributed by atoms with E-state index in [1.54, 1.807) is 11.3 Å². The fourth-order valence-corrected chi connectivity index (χ4v) is 3.71. The summed E-state index contributed by atoms with van der Waals surface area (Å²) in [6, 6.07) is 4.59. The third-order valence-corrected chi connectivity index (χ3v) is 5.02. The monoisotopic (exact) mass is 279 g/mol. The lowest BCUT2D eigenvalue weighted by atomic mass is 10.0. The SMILES string of the molecule is O=C(c1cccs1)N1CCN(C2CCNCC2)CC1. The van der Waals surface area contributed by atoms with Gasteiger partial charge in [-0.15, -0.1) is 11.3 Å². The average molecular weight is 279 g/mol. The summed E-state index contributed by atoms with van der Waals surface area (Å²) in [5.74, 6) is 0.208. The molecule has 2 fully saturated rings. The van der Waals surface area contributed by atoms with Crippen LogP contribution in [0.15, 0.2) is 17.5 Å². The highest BCUT2D eigenvalue weighted by atomic mass is 32.1. The van der Waals surface area contributed by atoms with Crippen LogP contribution in [-0.4, -0.2) is 61.0 Å². The van der Waals surface area contributed by atoms with Crippen molar-refractivity contribution in [3.63, 3.8) is 0 Å². The van der Waals surface area contributed by atoms with Crippen LogP contribution < -0.4 is 5.32 Å². The van der Waals surface area contributed by atoms with Crippen LogP contribution in [0, 0.1) is 0 Å². The molecule has 1 aromatic rings. The first kappa shape index (κ1) is 13.1. The normalized spacial score (nSPS) is 22.6. The lowest BCUT2D eigenvalue weighted by Crippen LogP contribution is -2.53. The topological polar surface area (TPSA) is 35.6 Å². The minimum Gasteiger partial charge on any atom is -0.335 e. The highest BCUT2D eigenvalue weighted by molar-refractivity contribution is 7.12. The van der Waals surface area contributed by atoms with Crippen LogP contribution in [-0.2, 0) is 0 Å². The molecule has 0 saturated carbocycles. The molecule has 5 heteroatoms. The lowest BCUT2D eigenvalue weighted by molar-refractivity contribution is 0.0536. The summed E-state index contributed by atoms with van der Waals surface area (Å²) in [6.45, 7) is 6.09. The van der Waals surface area contributed by atoms with Crippen LogP contribution >= 0.6 is 11.3 Å². The number of carbonyl (C=O) groups excluding carboxylic acids is 1. The van der Waals surface area contributed by atoms with Gasteiger partial charge in [0.1, 0.15) is 0 Å². The zero-order valence-corrected chi connectivity index (χ0v) is 12.0. The maximum Gasteiger partial charge on any atom is 0.264 e. The van der Waals surface area contributed by atoms with Gasteiger partial charge >= 0.3 is 0 Å². The summed E-state index contributed by atoms with van der Waals surface area (Å²) < 4.78 is 0. The van der Waals surface area contributed by atoms with E-state index in [2.05, 4.69) is 10.2 Å². The molecule has 1 aromatic heterocycles. The number of rotatable bonds is 2. The standard InChI is InChI=1S/C14H21N3OS/c18-14(13-2-1-11-19-13)17-9-7-16(8-10-17)12-3-5-15-6-4-12/h1-2,11-12,15H,3-10H2. The Morgan fingerprint density at radius 3 is 2.58 bits per heavy atom. The van der Waals surface area contributed by atoms with Gasteiger partial charge in [0.15, 0.2) is 0 Å². The molecule has 2 aliphatic rings. The highest BCUT2D eigenvalue weighted by Gasteiger charge is 2.27. The number of piperazine rings is 1. The summed E-state index contributed by atoms with van der Waals surface area (Å²) in [5.41, 5.74) is 0. The minimum atomic E-state index is 0.208. The van der Waals surface area contributed by atoms with E-state index in [4.69, 9.17) is 0 Å². The molecule has 19 heavy (non-hydrogen) atoms. The fraction of sp³-hybridized carbons (Fsp3) is 0.643. The molecule has 0 aromatic carbocycles. The second kappa shape index (κ2) is 6.03. The number of hydrogen-bond donors (Lipinski definition) is 1. The van der Waals surface area contributed by atoms with E-state index in [0.717, 1.165) is 50.2 Å². The molecule has 1 amide bonds. The minimum absolute atomic E-state index is 0.208. The number of thiophene rings is 1. The molecule has 3 heterocycles. The van der Waals surface area contributed by atoms with E-state index in [1.807, 2.05) is 22.4 Å². The van der Waals surface area contributed by atoms with Gasteiger partial charge in [0.25, 0.3) is 5.91 Å². The van der Waals surface area contributed by atoms with Gasteiger partial charge in [-0.2, -0.15) is 0 Å². The largest absolute Gasteiger partial charge is 0.335 e. The molecule has 0 unspecified atom stereocenters. The van der Waals surface area contributed by atoms with Crippen molar-refractivity contribution in [2.45, 2.75) is 18.9 Å². The van der Waals surface area contributed by atoms with Crippen LogP contribution in [0.2, 0.25) is 0 Å². The molecule has 3 rings (SSSR count). The van der Waals surface area contributed by atoms with Crippen LogP contribution in [0.1, 0.15) is 22.5 Å². The van der Waals surface area contributed by atoms with Crippen LogP contribution in [0.4, 0.5) is 0 Å². The third kappa shape index (κ3) is 2.99. The maximum absolute atomic E-state index is 12.3. The molecule has 4 nitrogen and oxygen atoms in total. The van der Waals surface area contributed by atoms with Gasteiger partial charge in [0, 0.05) is 32.2 Å². The predicted molar refractivity (Wildman–Crippen MR) is 77.7 cm³/mol. The smallest absolute Gasteiger partial charge is 0.264 e. The third-order valence-electron chi connectivity index (χ3n) is 4.16. The van der Waals surface area contributed by atoms with Gasteiger partial charge in [-0.05, 0) is 37.4 Å². The first-order valence-electron chi connectivity index (χ1n) is 7.12. The van der Waals surface area contributed by atoms with Crippen LogP contribution in [0.25, 0.3) is 0 Å². The Balaban J connectivity index is 1.53. The Morgan fingerprint density at radius 1 is 1.21 bits per heavy atom. The molecule has 2 aliphatic heterocycles. The van der Waals surface area contributed by atoms with Crippen LogP contribution in [0.5, 0.6) is 0 Å². The maximum atomic E-state index is 12.3. The number of hydrogen-bond acceptors (Lipinski definition) is 4. The Bertz CT molecular complexity index is 406. The van der Waals surface area contributed by atoms with Crippen molar-refractivity contribution in [2.24, 2.45) is 0 Å². The molecule has 104 valence electrons.